The number of nitrogens with zero attached hydrogens (tertiary/aromatic N) is 1. The van der Waals surface area contributed by atoms with Crippen molar-refractivity contribution < 1.29 is 4.42 Å². The fourth-order valence-corrected chi connectivity index (χ4v) is 8.11. The van der Waals surface area contributed by atoms with Crippen LogP contribution in [0.25, 0.3) is 71.9 Å². The van der Waals surface area contributed by atoms with E-state index in [2.05, 4.69) is 123 Å². The molecule has 42 heavy (non-hydrogen) atoms. The molecule has 8 aromatic rings. The number of nitrogens with one attached hydrogen (secondary N) is 1. The van der Waals surface area contributed by atoms with Gasteiger partial charge in [0.05, 0.1) is 16.6 Å². The zero-order chi connectivity index (χ0) is 27.9. The number of rotatable bonds is 1. The van der Waals surface area contributed by atoms with Crippen molar-refractivity contribution in [2.75, 3.05) is 0 Å². The number of fused-ring (bicyclic) bond motifs is 12. The van der Waals surface area contributed by atoms with Gasteiger partial charge in [-0.3, -0.25) is 0 Å². The Bertz CT molecular complexity index is 2490. The molecular weight excluding hydrogens is 511 g/mol. The molecule has 0 bridgehead atoms. The van der Waals surface area contributed by atoms with E-state index < -0.39 is 0 Å². The molecule has 0 unspecified atom stereocenters. The Morgan fingerprint density at radius 3 is 2.45 bits per heavy atom. The molecule has 1 aliphatic carbocycles. The number of hydrogen-bond donors (Lipinski definition) is 1. The van der Waals surface area contributed by atoms with Crippen LogP contribution in [-0.2, 0) is 5.41 Å². The lowest BCUT2D eigenvalue weighted by molar-refractivity contribution is 0.657. The predicted octanol–water partition coefficient (Wildman–Crippen LogP) is 8.26. The number of furan rings is 1. The van der Waals surface area contributed by atoms with Crippen molar-refractivity contribution in [3.05, 3.63) is 114 Å². The normalized spacial score (nSPS) is 14.5. The number of aromatic amines is 1. The van der Waals surface area contributed by atoms with E-state index in [0.717, 1.165) is 27.6 Å². The van der Waals surface area contributed by atoms with E-state index in [4.69, 9.17) is 4.42 Å². The summed E-state index contributed by atoms with van der Waals surface area (Å²) in [7, 11) is 2.40. The number of benzene rings is 5. The molecule has 10 rings (SSSR count). The SMILES string of the molecule is Cc1cc(-c2cccc3c2[nH]c2oc4ccccc4c23)c2c(c1)-n1c3c(c4cccc(c41)[B]2)C(C)(C)c1ccccc1-3. The third-order valence-electron chi connectivity index (χ3n) is 9.80. The molecule has 3 aromatic heterocycles. The van der Waals surface area contributed by atoms with Crippen LogP contribution in [0.2, 0.25) is 0 Å². The Labute approximate surface area is 243 Å². The molecule has 0 amide bonds. The van der Waals surface area contributed by atoms with E-state index in [1.807, 2.05) is 12.1 Å². The molecule has 197 valence electrons. The highest BCUT2D eigenvalue weighted by Crippen LogP contribution is 2.53. The van der Waals surface area contributed by atoms with Crippen molar-refractivity contribution in [3.63, 3.8) is 0 Å². The lowest BCUT2D eigenvalue weighted by Gasteiger charge is -2.26. The van der Waals surface area contributed by atoms with Crippen LogP contribution in [0.5, 0.6) is 0 Å². The number of aromatic nitrogens is 2. The Hall–Kier alpha value is -4.96. The maximum atomic E-state index is 6.27. The standard InChI is InChI=1S/C38H26BN2O/c1-20-18-26(21-12-8-13-24-31-23-11-5-7-17-30(23)42-37(31)40-34(21)24)33-29(19-20)41-35-25(14-9-16-28(35)39-33)32-36(41)22-10-4-6-15-27(22)38(32,2)3/h4-19,40H,1-3H3. The molecule has 0 fully saturated rings. The number of hydrogen-bond acceptors (Lipinski definition) is 1. The molecule has 4 heteroatoms. The average Bonchev–Trinajstić information content (AvgIpc) is 3.71. The predicted molar refractivity (Wildman–Crippen MR) is 175 cm³/mol. The summed E-state index contributed by atoms with van der Waals surface area (Å²) in [5.41, 5.74) is 17.1. The van der Waals surface area contributed by atoms with Gasteiger partial charge in [0.25, 0.3) is 0 Å². The van der Waals surface area contributed by atoms with Crippen LogP contribution in [0.1, 0.15) is 30.5 Å². The summed E-state index contributed by atoms with van der Waals surface area (Å²) >= 11 is 0. The van der Waals surface area contributed by atoms with Crippen molar-refractivity contribution in [2.45, 2.75) is 26.2 Å². The first-order chi connectivity index (χ1) is 20.5. The average molecular weight is 537 g/mol. The van der Waals surface area contributed by atoms with Crippen molar-refractivity contribution in [2.24, 2.45) is 0 Å². The Morgan fingerprint density at radius 1 is 0.762 bits per heavy atom. The van der Waals surface area contributed by atoms with Gasteiger partial charge in [-0.05, 0) is 46.8 Å². The summed E-state index contributed by atoms with van der Waals surface area (Å²) in [6.45, 7) is 6.98. The molecule has 3 nitrogen and oxygen atoms in total. The monoisotopic (exact) mass is 537 g/mol. The highest BCUT2D eigenvalue weighted by molar-refractivity contribution is 6.73. The molecule has 1 aliphatic heterocycles. The molecule has 0 atom stereocenters. The van der Waals surface area contributed by atoms with Crippen LogP contribution in [0.3, 0.4) is 0 Å². The van der Waals surface area contributed by atoms with E-state index in [9.17, 15) is 0 Å². The maximum Gasteiger partial charge on any atom is 0.206 e. The Morgan fingerprint density at radius 2 is 1.52 bits per heavy atom. The Kier molecular flexibility index (Phi) is 4.03. The molecule has 0 saturated heterocycles. The third kappa shape index (κ3) is 2.60. The second kappa shape index (κ2) is 7.46. The van der Waals surface area contributed by atoms with Gasteiger partial charge in [-0.2, -0.15) is 0 Å². The van der Waals surface area contributed by atoms with Crippen molar-refractivity contribution in [1.29, 1.82) is 0 Å². The quantitative estimate of drug-likeness (QED) is 0.210. The van der Waals surface area contributed by atoms with E-state index in [0.29, 0.717) is 0 Å². The minimum atomic E-state index is -0.0715. The van der Waals surface area contributed by atoms with E-state index >= 15 is 0 Å². The Balaban J connectivity index is 1.31. The topological polar surface area (TPSA) is 33.9 Å². The smallest absolute Gasteiger partial charge is 0.206 e. The van der Waals surface area contributed by atoms with Gasteiger partial charge in [0.15, 0.2) is 7.28 Å². The van der Waals surface area contributed by atoms with Gasteiger partial charge < -0.3 is 14.0 Å². The first-order valence-electron chi connectivity index (χ1n) is 14.7. The molecule has 5 aromatic carbocycles. The molecule has 0 saturated carbocycles. The molecule has 1 radical (unpaired) electrons. The highest BCUT2D eigenvalue weighted by atomic mass is 16.3. The van der Waals surface area contributed by atoms with Crippen molar-refractivity contribution in [3.8, 4) is 28.1 Å². The first-order valence-corrected chi connectivity index (χ1v) is 14.7. The lowest BCUT2D eigenvalue weighted by atomic mass is 9.59. The minimum Gasteiger partial charge on any atom is -0.440 e. The summed E-state index contributed by atoms with van der Waals surface area (Å²) < 4.78 is 8.84. The maximum absolute atomic E-state index is 6.27. The molecule has 0 spiro atoms. The summed E-state index contributed by atoms with van der Waals surface area (Å²) in [6.07, 6.45) is 0. The second-order valence-corrected chi connectivity index (χ2v) is 12.5. The van der Waals surface area contributed by atoms with Crippen LogP contribution < -0.4 is 10.9 Å². The van der Waals surface area contributed by atoms with Crippen LogP contribution >= 0.6 is 0 Å². The van der Waals surface area contributed by atoms with E-state index in [1.54, 1.807) is 0 Å². The van der Waals surface area contributed by atoms with Crippen molar-refractivity contribution in [1.82, 2.24) is 9.55 Å². The molecular formula is C38H26BN2O. The zero-order valence-electron chi connectivity index (χ0n) is 23.7. The number of H-pyrrole nitrogens is 1. The zero-order valence-corrected chi connectivity index (χ0v) is 23.7. The molecule has 1 N–H and O–H groups in total. The first kappa shape index (κ1) is 22.7. The van der Waals surface area contributed by atoms with Gasteiger partial charge in [0.2, 0.25) is 5.71 Å². The van der Waals surface area contributed by atoms with Crippen LogP contribution in [0.4, 0.5) is 0 Å². The van der Waals surface area contributed by atoms with Gasteiger partial charge >= 0.3 is 0 Å². The van der Waals surface area contributed by atoms with Gasteiger partial charge in [0.1, 0.15) is 5.58 Å². The van der Waals surface area contributed by atoms with Crippen LogP contribution in [0.15, 0.2) is 101 Å². The third-order valence-corrected chi connectivity index (χ3v) is 9.80. The van der Waals surface area contributed by atoms with Gasteiger partial charge in [0, 0.05) is 43.9 Å². The van der Waals surface area contributed by atoms with Crippen molar-refractivity contribution >= 4 is 62.1 Å². The van der Waals surface area contributed by atoms with E-state index in [-0.39, 0.29) is 5.41 Å². The summed E-state index contributed by atoms with van der Waals surface area (Å²) in [5.74, 6) is 0. The summed E-state index contributed by atoms with van der Waals surface area (Å²) in [5, 5.41) is 4.85. The fourth-order valence-electron chi connectivity index (χ4n) is 8.11. The highest BCUT2D eigenvalue weighted by Gasteiger charge is 2.42. The number of para-hydroxylation sites is 3. The second-order valence-electron chi connectivity index (χ2n) is 12.5. The fraction of sp³-hybridized carbons (Fsp3) is 0.105. The van der Waals surface area contributed by atoms with Gasteiger partial charge in [-0.15, -0.1) is 0 Å². The van der Waals surface area contributed by atoms with Crippen LogP contribution in [-0.4, -0.2) is 16.8 Å². The number of aryl methyl sites for hydroxylation is 1. The lowest BCUT2D eigenvalue weighted by Crippen LogP contribution is -2.37. The van der Waals surface area contributed by atoms with Crippen LogP contribution in [0, 0.1) is 6.92 Å². The minimum absolute atomic E-state index is 0.0715. The van der Waals surface area contributed by atoms with E-state index in [1.165, 1.54) is 72.0 Å². The largest absolute Gasteiger partial charge is 0.440 e. The van der Waals surface area contributed by atoms with Gasteiger partial charge in [-0.25, -0.2) is 0 Å². The van der Waals surface area contributed by atoms with Gasteiger partial charge in [-0.1, -0.05) is 104 Å². The molecule has 4 heterocycles. The summed E-state index contributed by atoms with van der Waals surface area (Å²) in [6, 6.07) is 35.4. The summed E-state index contributed by atoms with van der Waals surface area (Å²) in [4.78, 5) is 3.67. The molecule has 2 aliphatic rings.